The summed E-state index contributed by atoms with van der Waals surface area (Å²) in [5.41, 5.74) is 3.06. The molecule has 0 amide bonds. The van der Waals surface area contributed by atoms with Gasteiger partial charge < -0.3 is 4.90 Å². The molecule has 1 aliphatic rings. The average Bonchev–Trinajstić information content (AvgIpc) is 2.54. The van der Waals surface area contributed by atoms with Gasteiger partial charge in [-0.15, -0.1) is 0 Å². The Labute approximate surface area is 126 Å². The van der Waals surface area contributed by atoms with Crippen molar-refractivity contribution in [3.05, 3.63) is 71.3 Å². The lowest BCUT2D eigenvalue weighted by Crippen LogP contribution is -2.36. The van der Waals surface area contributed by atoms with Gasteiger partial charge in [-0.2, -0.15) is 5.26 Å². The van der Waals surface area contributed by atoms with E-state index >= 15 is 0 Å². The molecule has 0 heterocycles. The maximum absolute atomic E-state index is 10.0. The first-order chi connectivity index (χ1) is 10.2. The Bertz CT molecular complexity index is 669. The summed E-state index contributed by atoms with van der Waals surface area (Å²) >= 11 is 0. The Balaban J connectivity index is 2.21. The van der Waals surface area contributed by atoms with E-state index in [1.54, 1.807) is 0 Å². The normalized spacial score (nSPS) is 24.4. The van der Waals surface area contributed by atoms with E-state index in [4.69, 9.17) is 0 Å². The van der Waals surface area contributed by atoms with Crippen molar-refractivity contribution >= 4 is 0 Å². The Morgan fingerprint density at radius 3 is 2.38 bits per heavy atom. The quantitative estimate of drug-likeness (QED) is 0.832. The van der Waals surface area contributed by atoms with Crippen LogP contribution in [0.25, 0.3) is 0 Å². The second-order valence-corrected chi connectivity index (χ2v) is 5.99. The molecule has 0 aliphatic heterocycles. The van der Waals surface area contributed by atoms with Crippen LogP contribution in [-0.2, 0) is 5.41 Å². The second kappa shape index (κ2) is 5.35. The molecule has 2 nitrogen and oxygen atoms in total. The standard InChI is InChI=1S/C19H20N2/c1-21(2)18-12-13-19(14-20,15-8-4-3-5-9-15)17-11-7-6-10-16(17)18/h3-11,18H,12-13H2,1-2H3/t18-,19+/m1/s1. The van der Waals surface area contributed by atoms with E-state index in [0.717, 1.165) is 18.4 Å². The molecule has 0 fully saturated rings. The summed E-state index contributed by atoms with van der Waals surface area (Å²) in [5.74, 6) is 0. The van der Waals surface area contributed by atoms with Crippen molar-refractivity contribution < 1.29 is 0 Å². The van der Waals surface area contributed by atoms with Crippen LogP contribution in [0.3, 0.4) is 0 Å². The number of benzene rings is 2. The molecule has 106 valence electrons. The molecule has 1 aliphatic carbocycles. The van der Waals surface area contributed by atoms with Gasteiger partial charge in [0.25, 0.3) is 0 Å². The van der Waals surface area contributed by atoms with Crippen LogP contribution in [0.5, 0.6) is 0 Å². The van der Waals surface area contributed by atoms with Crippen LogP contribution in [0.2, 0.25) is 0 Å². The molecule has 0 aromatic heterocycles. The fourth-order valence-electron chi connectivity index (χ4n) is 3.56. The molecular formula is C19H20N2. The zero-order chi connectivity index (χ0) is 14.9. The highest BCUT2D eigenvalue weighted by molar-refractivity contribution is 5.52. The molecule has 0 saturated heterocycles. The molecule has 0 radical (unpaired) electrons. The lowest BCUT2D eigenvalue weighted by Gasteiger charge is -2.40. The fourth-order valence-corrected chi connectivity index (χ4v) is 3.56. The Kier molecular flexibility index (Phi) is 3.53. The molecule has 21 heavy (non-hydrogen) atoms. The summed E-state index contributed by atoms with van der Waals surface area (Å²) < 4.78 is 0. The minimum atomic E-state index is -0.510. The molecule has 0 unspecified atom stereocenters. The van der Waals surface area contributed by atoms with Crippen LogP contribution < -0.4 is 0 Å². The van der Waals surface area contributed by atoms with Gasteiger partial charge in [-0.25, -0.2) is 0 Å². The molecular weight excluding hydrogens is 256 g/mol. The van der Waals surface area contributed by atoms with Gasteiger partial charge in [-0.1, -0.05) is 54.6 Å². The summed E-state index contributed by atoms with van der Waals surface area (Å²) in [4.78, 5) is 2.26. The highest BCUT2D eigenvalue weighted by Gasteiger charge is 2.41. The highest BCUT2D eigenvalue weighted by atomic mass is 15.1. The number of rotatable bonds is 2. The molecule has 0 N–H and O–H groups in total. The first kappa shape index (κ1) is 13.9. The zero-order valence-electron chi connectivity index (χ0n) is 12.6. The Hall–Kier alpha value is -2.11. The number of hydrogen-bond acceptors (Lipinski definition) is 2. The third-order valence-corrected chi connectivity index (χ3v) is 4.65. The predicted molar refractivity (Wildman–Crippen MR) is 84.9 cm³/mol. The molecule has 0 spiro atoms. The van der Waals surface area contributed by atoms with Gasteiger partial charge in [-0.05, 0) is 43.6 Å². The van der Waals surface area contributed by atoms with E-state index in [-0.39, 0.29) is 0 Å². The van der Waals surface area contributed by atoms with Crippen LogP contribution in [0.1, 0.15) is 35.6 Å². The van der Waals surface area contributed by atoms with Crippen molar-refractivity contribution in [2.45, 2.75) is 24.3 Å². The number of hydrogen-bond donors (Lipinski definition) is 0. The van der Waals surface area contributed by atoms with Crippen molar-refractivity contribution in [1.29, 1.82) is 5.26 Å². The topological polar surface area (TPSA) is 27.0 Å². The maximum atomic E-state index is 10.0. The van der Waals surface area contributed by atoms with Gasteiger partial charge >= 0.3 is 0 Å². The lowest BCUT2D eigenvalue weighted by molar-refractivity contribution is 0.252. The Morgan fingerprint density at radius 1 is 1.05 bits per heavy atom. The smallest absolute Gasteiger partial charge is 0.107 e. The van der Waals surface area contributed by atoms with Crippen molar-refractivity contribution in [2.75, 3.05) is 14.1 Å². The molecule has 0 bridgehead atoms. The molecule has 2 heteroatoms. The van der Waals surface area contributed by atoms with Gasteiger partial charge in [0.05, 0.1) is 6.07 Å². The average molecular weight is 276 g/mol. The first-order valence-electron chi connectivity index (χ1n) is 7.41. The van der Waals surface area contributed by atoms with E-state index in [2.05, 4.69) is 55.4 Å². The lowest BCUT2D eigenvalue weighted by atomic mass is 9.65. The predicted octanol–water partition coefficient (Wildman–Crippen LogP) is 3.89. The summed E-state index contributed by atoms with van der Waals surface area (Å²) in [6.07, 6.45) is 1.87. The van der Waals surface area contributed by atoms with Crippen molar-refractivity contribution in [1.82, 2.24) is 4.90 Å². The highest BCUT2D eigenvalue weighted by Crippen LogP contribution is 2.46. The summed E-state index contributed by atoms with van der Waals surface area (Å²) in [6.45, 7) is 0. The summed E-state index contributed by atoms with van der Waals surface area (Å²) in [6, 6.07) is 21.7. The molecule has 0 saturated carbocycles. The third kappa shape index (κ3) is 2.14. The van der Waals surface area contributed by atoms with Crippen LogP contribution >= 0.6 is 0 Å². The van der Waals surface area contributed by atoms with Crippen LogP contribution in [0, 0.1) is 11.3 Å². The van der Waals surface area contributed by atoms with Gasteiger partial charge in [0.15, 0.2) is 0 Å². The number of nitriles is 1. The fraction of sp³-hybridized carbons (Fsp3) is 0.316. The van der Waals surface area contributed by atoms with Gasteiger partial charge in [-0.3, -0.25) is 0 Å². The zero-order valence-corrected chi connectivity index (χ0v) is 12.6. The monoisotopic (exact) mass is 276 g/mol. The van der Waals surface area contributed by atoms with E-state index in [9.17, 15) is 5.26 Å². The first-order valence-corrected chi connectivity index (χ1v) is 7.41. The van der Waals surface area contributed by atoms with E-state index < -0.39 is 5.41 Å². The third-order valence-electron chi connectivity index (χ3n) is 4.65. The van der Waals surface area contributed by atoms with Crippen LogP contribution in [-0.4, -0.2) is 19.0 Å². The van der Waals surface area contributed by atoms with E-state index in [1.165, 1.54) is 11.1 Å². The molecule has 2 atom stereocenters. The summed E-state index contributed by atoms with van der Waals surface area (Å²) in [5, 5.41) is 10.0. The molecule has 3 rings (SSSR count). The summed E-state index contributed by atoms with van der Waals surface area (Å²) in [7, 11) is 4.23. The van der Waals surface area contributed by atoms with Crippen molar-refractivity contribution in [2.24, 2.45) is 0 Å². The van der Waals surface area contributed by atoms with Crippen molar-refractivity contribution in [3.8, 4) is 6.07 Å². The van der Waals surface area contributed by atoms with E-state index in [0.29, 0.717) is 6.04 Å². The van der Waals surface area contributed by atoms with Crippen LogP contribution in [0.4, 0.5) is 0 Å². The van der Waals surface area contributed by atoms with Gasteiger partial charge in [0.1, 0.15) is 5.41 Å². The molecule has 2 aromatic carbocycles. The van der Waals surface area contributed by atoms with Gasteiger partial charge in [0, 0.05) is 6.04 Å². The maximum Gasteiger partial charge on any atom is 0.107 e. The van der Waals surface area contributed by atoms with Gasteiger partial charge in [0.2, 0.25) is 0 Å². The SMILES string of the molecule is CN(C)[C@@H]1CC[C@](C#N)(c2ccccc2)c2ccccc21. The molecule has 2 aromatic rings. The number of nitrogens with zero attached hydrogens (tertiary/aromatic N) is 2. The number of fused-ring (bicyclic) bond motifs is 1. The minimum absolute atomic E-state index is 0.395. The largest absolute Gasteiger partial charge is 0.302 e. The van der Waals surface area contributed by atoms with Crippen LogP contribution in [0.15, 0.2) is 54.6 Å². The Morgan fingerprint density at radius 2 is 1.71 bits per heavy atom. The van der Waals surface area contributed by atoms with Crippen molar-refractivity contribution in [3.63, 3.8) is 0 Å². The van der Waals surface area contributed by atoms with E-state index in [1.807, 2.05) is 24.3 Å². The minimum Gasteiger partial charge on any atom is -0.302 e. The second-order valence-electron chi connectivity index (χ2n) is 5.99.